The first-order valence-corrected chi connectivity index (χ1v) is 14.4. The average Bonchev–Trinajstić information content (AvgIpc) is 2.87. The third-order valence-corrected chi connectivity index (χ3v) is 7.91. The standard InChI is InChI=1S/C26H33ClFN3O5S/c1-18(26(33)29-20-9-5-4-6-10-20)30(16-19-8-7-11-22(14-19)36-2)25(32)17-31(37(3,34)35)21-12-13-24(28)23(27)15-21/h7-8,11-15,18,20H,4-6,9-10,16-17H2,1-3H3,(H,29,33). The highest BCUT2D eigenvalue weighted by molar-refractivity contribution is 7.92. The molecule has 1 N–H and O–H groups in total. The van der Waals surface area contributed by atoms with E-state index in [-0.39, 0.29) is 29.2 Å². The van der Waals surface area contributed by atoms with Gasteiger partial charge in [-0.05, 0) is 55.7 Å². The molecule has 0 spiro atoms. The Morgan fingerprint density at radius 2 is 1.86 bits per heavy atom. The van der Waals surface area contributed by atoms with Crippen molar-refractivity contribution in [3.05, 3.63) is 58.9 Å². The number of halogens is 2. The van der Waals surface area contributed by atoms with Gasteiger partial charge in [-0.25, -0.2) is 12.8 Å². The minimum atomic E-state index is -3.94. The van der Waals surface area contributed by atoms with E-state index < -0.39 is 34.3 Å². The number of carbonyl (C=O) groups excluding carboxylic acids is 2. The zero-order chi connectivity index (χ0) is 27.2. The largest absolute Gasteiger partial charge is 0.497 e. The summed E-state index contributed by atoms with van der Waals surface area (Å²) in [6.45, 7) is 1.08. The molecule has 2 aromatic carbocycles. The molecule has 1 fully saturated rings. The number of carbonyl (C=O) groups is 2. The van der Waals surface area contributed by atoms with Crippen LogP contribution in [0.1, 0.15) is 44.6 Å². The van der Waals surface area contributed by atoms with E-state index in [0.717, 1.165) is 54.8 Å². The van der Waals surface area contributed by atoms with Gasteiger partial charge in [-0.3, -0.25) is 13.9 Å². The molecule has 0 bridgehead atoms. The minimum absolute atomic E-state index is 0.0443. The molecular weight excluding hydrogens is 521 g/mol. The fraction of sp³-hybridized carbons (Fsp3) is 0.462. The number of amides is 2. The first-order chi connectivity index (χ1) is 17.5. The lowest BCUT2D eigenvalue weighted by Gasteiger charge is -2.33. The molecule has 0 aliphatic heterocycles. The van der Waals surface area contributed by atoms with E-state index in [2.05, 4.69) is 5.32 Å². The molecule has 2 aromatic rings. The van der Waals surface area contributed by atoms with E-state index in [1.54, 1.807) is 31.2 Å². The number of ether oxygens (including phenoxy) is 1. The van der Waals surface area contributed by atoms with E-state index in [4.69, 9.17) is 16.3 Å². The van der Waals surface area contributed by atoms with Crippen LogP contribution in [0, 0.1) is 5.82 Å². The number of nitrogens with one attached hydrogen (secondary N) is 1. The summed E-state index contributed by atoms with van der Waals surface area (Å²) in [6.07, 6.45) is 5.93. The first-order valence-electron chi connectivity index (χ1n) is 12.1. The number of methoxy groups -OCH3 is 1. The van der Waals surface area contributed by atoms with Crippen molar-refractivity contribution in [3.8, 4) is 5.75 Å². The first kappa shape index (κ1) is 28.7. The second-order valence-electron chi connectivity index (χ2n) is 9.26. The van der Waals surface area contributed by atoms with Crippen molar-refractivity contribution in [1.82, 2.24) is 10.2 Å². The van der Waals surface area contributed by atoms with Crippen molar-refractivity contribution >= 4 is 39.1 Å². The van der Waals surface area contributed by atoms with Gasteiger partial charge in [0.2, 0.25) is 21.8 Å². The molecule has 8 nitrogen and oxygen atoms in total. The Labute approximate surface area is 222 Å². The number of anilines is 1. The number of sulfonamides is 1. The maximum Gasteiger partial charge on any atom is 0.244 e. The van der Waals surface area contributed by atoms with Crippen LogP contribution < -0.4 is 14.4 Å². The highest BCUT2D eigenvalue weighted by atomic mass is 35.5. The van der Waals surface area contributed by atoms with Crippen molar-refractivity contribution in [1.29, 1.82) is 0 Å². The van der Waals surface area contributed by atoms with Crippen LogP contribution in [-0.2, 0) is 26.2 Å². The fourth-order valence-corrected chi connectivity index (χ4v) is 5.39. The molecular formula is C26H33ClFN3O5S. The van der Waals surface area contributed by atoms with Crippen LogP contribution in [-0.4, -0.2) is 57.1 Å². The second-order valence-corrected chi connectivity index (χ2v) is 11.6. The van der Waals surface area contributed by atoms with Gasteiger partial charge in [-0.15, -0.1) is 0 Å². The van der Waals surface area contributed by atoms with Crippen LogP contribution in [0.4, 0.5) is 10.1 Å². The zero-order valence-electron chi connectivity index (χ0n) is 21.2. The summed E-state index contributed by atoms with van der Waals surface area (Å²) in [5.41, 5.74) is 0.753. The topological polar surface area (TPSA) is 96.0 Å². The Bertz CT molecular complexity index is 1220. The molecule has 0 heterocycles. The molecule has 3 rings (SSSR count). The Balaban J connectivity index is 1.89. The number of hydrogen-bond acceptors (Lipinski definition) is 5. The van der Waals surface area contributed by atoms with E-state index in [9.17, 15) is 22.4 Å². The van der Waals surface area contributed by atoms with Crippen LogP contribution in [0.3, 0.4) is 0 Å². The van der Waals surface area contributed by atoms with Crippen LogP contribution in [0.2, 0.25) is 5.02 Å². The van der Waals surface area contributed by atoms with Gasteiger partial charge < -0.3 is 15.0 Å². The van der Waals surface area contributed by atoms with Crippen molar-refractivity contribution in [3.63, 3.8) is 0 Å². The second kappa shape index (κ2) is 12.6. The molecule has 0 radical (unpaired) electrons. The summed E-state index contributed by atoms with van der Waals surface area (Å²) in [6, 6.07) is 9.67. The average molecular weight is 554 g/mol. The molecule has 11 heteroatoms. The third-order valence-electron chi connectivity index (χ3n) is 6.48. The molecule has 0 aromatic heterocycles. The van der Waals surface area contributed by atoms with Crippen molar-refractivity contribution in [2.24, 2.45) is 0 Å². The quantitative estimate of drug-likeness (QED) is 0.477. The number of nitrogens with zero attached hydrogens (tertiary/aromatic N) is 2. The van der Waals surface area contributed by atoms with E-state index in [1.807, 2.05) is 0 Å². The lowest BCUT2D eigenvalue weighted by molar-refractivity contribution is -0.139. The van der Waals surface area contributed by atoms with Gasteiger partial charge in [0.15, 0.2) is 0 Å². The lowest BCUT2D eigenvalue weighted by Crippen LogP contribution is -2.52. The highest BCUT2D eigenvalue weighted by Crippen LogP contribution is 2.25. The van der Waals surface area contributed by atoms with Gasteiger partial charge in [0.25, 0.3) is 0 Å². The fourth-order valence-electron chi connectivity index (χ4n) is 4.37. The Kier molecular flexibility index (Phi) is 9.78. The summed E-state index contributed by atoms with van der Waals surface area (Å²) in [4.78, 5) is 28.2. The van der Waals surface area contributed by atoms with Crippen LogP contribution in [0.15, 0.2) is 42.5 Å². The molecule has 1 atom stereocenters. The van der Waals surface area contributed by atoms with Crippen molar-refractivity contribution in [2.75, 3.05) is 24.2 Å². The highest BCUT2D eigenvalue weighted by Gasteiger charge is 2.31. The Hall–Kier alpha value is -2.85. The summed E-state index contributed by atoms with van der Waals surface area (Å²) in [7, 11) is -2.42. The van der Waals surface area contributed by atoms with Gasteiger partial charge >= 0.3 is 0 Å². The molecule has 1 saturated carbocycles. The monoisotopic (exact) mass is 553 g/mol. The predicted octanol–water partition coefficient (Wildman–Crippen LogP) is 4.12. The van der Waals surface area contributed by atoms with Crippen molar-refractivity contribution in [2.45, 2.75) is 57.7 Å². The maximum atomic E-state index is 13.7. The van der Waals surface area contributed by atoms with Crippen LogP contribution in [0.5, 0.6) is 5.75 Å². The Morgan fingerprint density at radius 3 is 2.49 bits per heavy atom. The normalized spacial score (nSPS) is 15.1. The summed E-state index contributed by atoms with van der Waals surface area (Å²) in [5, 5.41) is 2.77. The smallest absolute Gasteiger partial charge is 0.244 e. The summed E-state index contributed by atoms with van der Waals surface area (Å²) >= 11 is 5.87. The molecule has 1 aliphatic rings. The molecule has 37 heavy (non-hydrogen) atoms. The predicted molar refractivity (Wildman–Crippen MR) is 142 cm³/mol. The van der Waals surface area contributed by atoms with Gasteiger partial charge in [0, 0.05) is 12.6 Å². The number of rotatable bonds is 10. The lowest BCUT2D eigenvalue weighted by atomic mass is 9.95. The van der Waals surface area contributed by atoms with Crippen LogP contribution >= 0.6 is 11.6 Å². The van der Waals surface area contributed by atoms with E-state index in [1.165, 1.54) is 18.1 Å². The zero-order valence-corrected chi connectivity index (χ0v) is 22.8. The molecule has 2 amide bonds. The molecule has 1 aliphatic carbocycles. The molecule has 0 saturated heterocycles. The van der Waals surface area contributed by atoms with Crippen molar-refractivity contribution < 1.29 is 27.1 Å². The summed E-state index contributed by atoms with van der Waals surface area (Å²) in [5.74, 6) is -1.03. The van der Waals surface area contributed by atoms with Gasteiger partial charge in [0.1, 0.15) is 24.2 Å². The maximum absolute atomic E-state index is 13.7. The van der Waals surface area contributed by atoms with Gasteiger partial charge in [0.05, 0.1) is 24.1 Å². The molecule has 202 valence electrons. The minimum Gasteiger partial charge on any atom is -0.497 e. The van der Waals surface area contributed by atoms with E-state index in [0.29, 0.717) is 11.3 Å². The van der Waals surface area contributed by atoms with Gasteiger partial charge in [-0.2, -0.15) is 0 Å². The number of benzene rings is 2. The SMILES string of the molecule is COc1cccc(CN(C(=O)CN(c2ccc(F)c(Cl)c2)S(C)(=O)=O)C(C)C(=O)NC2CCCCC2)c1. The van der Waals surface area contributed by atoms with Crippen LogP contribution in [0.25, 0.3) is 0 Å². The number of hydrogen-bond donors (Lipinski definition) is 1. The molecule has 1 unspecified atom stereocenters. The van der Waals surface area contributed by atoms with E-state index >= 15 is 0 Å². The summed E-state index contributed by atoms with van der Waals surface area (Å²) < 4.78 is 45.1. The third kappa shape index (κ3) is 7.82. The Morgan fingerprint density at radius 1 is 1.16 bits per heavy atom. The van der Waals surface area contributed by atoms with Gasteiger partial charge in [-0.1, -0.05) is 43.0 Å².